The summed E-state index contributed by atoms with van der Waals surface area (Å²) in [7, 11) is 0. The molecular weight excluding hydrogens is 250 g/mol. The fraction of sp³-hybridized carbons (Fsp3) is 0.471. The lowest BCUT2D eigenvalue weighted by atomic mass is 9.97. The number of hydrogen-bond acceptors (Lipinski definition) is 2. The van der Waals surface area contributed by atoms with Gasteiger partial charge in [-0.1, -0.05) is 38.7 Å². The van der Waals surface area contributed by atoms with Gasteiger partial charge in [0.25, 0.3) is 0 Å². The Kier molecular flexibility index (Phi) is 6.27. The van der Waals surface area contributed by atoms with Crippen molar-refractivity contribution in [1.29, 1.82) is 0 Å². The van der Waals surface area contributed by atoms with E-state index in [-0.39, 0.29) is 18.4 Å². The van der Waals surface area contributed by atoms with E-state index in [9.17, 15) is 4.79 Å². The number of anilines is 1. The largest absolute Gasteiger partial charge is 0.395 e. The first kappa shape index (κ1) is 16.3. The van der Waals surface area contributed by atoms with Gasteiger partial charge in [-0.2, -0.15) is 0 Å². The number of aliphatic hydroxyl groups is 1. The van der Waals surface area contributed by atoms with Crippen molar-refractivity contribution in [2.24, 2.45) is 11.8 Å². The Morgan fingerprint density at radius 2 is 2.05 bits per heavy atom. The van der Waals surface area contributed by atoms with Crippen LogP contribution in [0.3, 0.4) is 0 Å². The van der Waals surface area contributed by atoms with Crippen molar-refractivity contribution < 1.29 is 9.90 Å². The molecule has 108 valence electrons. The molecule has 2 N–H and O–H groups in total. The van der Waals surface area contributed by atoms with E-state index >= 15 is 0 Å². The molecule has 1 aromatic rings. The monoisotopic (exact) mass is 273 g/mol. The van der Waals surface area contributed by atoms with Crippen LogP contribution in [0.25, 0.3) is 0 Å². The highest BCUT2D eigenvalue weighted by atomic mass is 16.2. The van der Waals surface area contributed by atoms with Gasteiger partial charge in [-0.25, -0.2) is 0 Å². The maximum absolute atomic E-state index is 12.0. The predicted molar refractivity (Wildman–Crippen MR) is 82.4 cm³/mol. The summed E-state index contributed by atoms with van der Waals surface area (Å²) in [5.41, 5.74) is 2.71. The lowest BCUT2D eigenvalue weighted by Gasteiger charge is -2.15. The standard InChI is InChI=1S/C17H23NO2/c1-12(2)14(4)17(20)18-16-9-8-13(3)15(11-16)7-5-6-10-19/h8-9,11-12,14,19H,6,10H2,1-4H3,(H,18,20). The molecule has 0 aliphatic carbocycles. The molecule has 0 heterocycles. The van der Waals surface area contributed by atoms with Crippen LogP contribution in [0.5, 0.6) is 0 Å². The molecule has 1 amide bonds. The number of aliphatic hydroxyl groups excluding tert-OH is 1. The molecule has 0 saturated carbocycles. The molecule has 1 unspecified atom stereocenters. The summed E-state index contributed by atoms with van der Waals surface area (Å²) in [6, 6.07) is 5.71. The molecule has 0 aliphatic heterocycles. The van der Waals surface area contributed by atoms with E-state index in [0.29, 0.717) is 12.3 Å². The number of nitrogens with one attached hydrogen (secondary N) is 1. The Labute approximate surface area is 121 Å². The van der Waals surface area contributed by atoms with Gasteiger partial charge in [-0.3, -0.25) is 4.79 Å². The summed E-state index contributed by atoms with van der Waals surface area (Å²) < 4.78 is 0. The first-order valence-corrected chi connectivity index (χ1v) is 6.97. The molecule has 0 aliphatic rings. The van der Waals surface area contributed by atoms with E-state index in [1.807, 2.05) is 45.9 Å². The highest BCUT2D eigenvalue weighted by Crippen LogP contribution is 2.17. The molecule has 0 aromatic heterocycles. The van der Waals surface area contributed by atoms with Crippen LogP contribution in [0.15, 0.2) is 18.2 Å². The molecule has 3 nitrogen and oxygen atoms in total. The van der Waals surface area contributed by atoms with E-state index < -0.39 is 0 Å². The molecule has 1 atom stereocenters. The maximum atomic E-state index is 12.0. The number of aryl methyl sites for hydroxylation is 1. The number of benzene rings is 1. The minimum absolute atomic E-state index is 0.0260. The van der Waals surface area contributed by atoms with E-state index in [1.165, 1.54) is 0 Å². The van der Waals surface area contributed by atoms with Crippen LogP contribution >= 0.6 is 0 Å². The smallest absolute Gasteiger partial charge is 0.227 e. The highest BCUT2D eigenvalue weighted by Gasteiger charge is 2.16. The average Bonchev–Trinajstić information content (AvgIpc) is 2.41. The lowest BCUT2D eigenvalue weighted by Crippen LogP contribution is -2.24. The SMILES string of the molecule is Cc1ccc(NC(=O)C(C)C(C)C)cc1C#CCCO. The van der Waals surface area contributed by atoms with Crippen molar-refractivity contribution in [2.45, 2.75) is 34.1 Å². The fourth-order valence-corrected chi connectivity index (χ4v) is 1.61. The molecule has 0 saturated heterocycles. The fourth-order valence-electron chi connectivity index (χ4n) is 1.61. The first-order valence-electron chi connectivity index (χ1n) is 6.97. The van der Waals surface area contributed by atoms with E-state index in [4.69, 9.17) is 5.11 Å². The van der Waals surface area contributed by atoms with E-state index in [0.717, 1.165) is 16.8 Å². The zero-order valence-corrected chi connectivity index (χ0v) is 12.7. The zero-order valence-electron chi connectivity index (χ0n) is 12.7. The molecule has 20 heavy (non-hydrogen) atoms. The second-order valence-electron chi connectivity index (χ2n) is 5.33. The predicted octanol–water partition coefficient (Wildman–Crippen LogP) is 2.96. The summed E-state index contributed by atoms with van der Waals surface area (Å²) in [5.74, 6) is 6.23. The van der Waals surface area contributed by atoms with Crippen LogP contribution in [-0.2, 0) is 4.79 Å². The van der Waals surface area contributed by atoms with Gasteiger partial charge >= 0.3 is 0 Å². The van der Waals surface area contributed by atoms with Gasteiger partial charge in [0.2, 0.25) is 5.91 Å². The van der Waals surface area contributed by atoms with E-state index in [1.54, 1.807) is 0 Å². The van der Waals surface area contributed by atoms with Gasteiger partial charge in [-0.05, 0) is 30.5 Å². The third-order valence-electron chi connectivity index (χ3n) is 3.38. The lowest BCUT2D eigenvalue weighted by molar-refractivity contribution is -0.120. The Hall–Kier alpha value is -1.79. The van der Waals surface area contributed by atoms with Crippen LogP contribution in [0.2, 0.25) is 0 Å². The molecule has 3 heteroatoms. The van der Waals surface area contributed by atoms with Gasteiger partial charge in [0.05, 0.1) is 6.61 Å². The number of hydrogen-bond donors (Lipinski definition) is 2. The number of amides is 1. The second kappa shape index (κ2) is 7.72. The average molecular weight is 273 g/mol. The summed E-state index contributed by atoms with van der Waals surface area (Å²) in [6.45, 7) is 8.03. The van der Waals surface area contributed by atoms with Crippen LogP contribution in [-0.4, -0.2) is 17.6 Å². The quantitative estimate of drug-likeness (QED) is 0.829. The minimum Gasteiger partial charge on any atom is -0.395 e. The number of rotatable bonds is 4. The van der Waals surface area contributed by atoms with Crippen molar-refractivity contribution >= 4 is 11.6 Å². The van der Waals surface area contributed by atoms with Gasteiger partial charge in [-0.15, -0.1) is 0 Å². The molecule has 0 spiro atoms. The third kappa shape index (κ3) is 4.71. The van der Waals surface area contributed by atoms with Gasteiger partial charge in [0.1, 0.15) is 0 Å². The summed E-state index contributed by atoms with van der Waals surface area (Å²) in [4.78, 5) is 12.0. The van der Waals surface area contributed by atoms with Crippen molar-refractivity contribution in [1.82, 2.24) is 0 Å². The van der Waals surface area contributed by atoms with Crippen molar-refractivity contribution in [3.05, 3.63) is 29.3 Å². The Bertz CT molecular complexity index is 524. The van der Waals surface area contributed by atoms with Crippen molar-refractivity contribution in [3.63, 3.8) is 0 Å². The molecule has 0 fully saturated rings. The summed E-state index contributed by atoms with van der Waals surface area (Å²) in [6.07, 6.45) is 0.459. The first-order chi connectivity index (χ1) is 9.45. The van der Waals surface area contributed by atoms with Crippen LogP contribution < -0.4 is 5.32 Å². The minimum atomic E-state index is -0.0276. The van der Waals surface area contributed by atoms with Crippen LogP contribution in [0, 0.1) is 30.6 Å². The number of carbonyl (C=O) groups is 1. The highest BCUT2D eigenvalue weighted by molar-refractivity contribution is 5.92. The Morgan fingerprint density at radius 1 is 1.35 bits per heavy atom. The zero-order chi connectivity index (χ0) is 15.1. The summed E-state index contributed by atoms with van der Waals surface area (Å²) >= 11 is 0. The molecule has 0 bridgehead atoms. The number of carbonyl (C=O) groups excluding carboxylic acids is 1. The van der Waals surface area contributed by atoms with Crippen molar-refractivity contribution in [2.75, 3.05) is 11.9 Å². The maximum Gasteiger partial charge on any atom is 0.227 e. The molecule has 1 rings (SSSR count). The second-order valence-corrected chi connectivity index (χ2v) is 5.33. The van der Waals surface area contributed by atoms with Crippen LogP contribution in [0.4, 0.5) is 5.69 Å². The van der Waals surface area contributed by atoms with Gasteiger partial charge < -0.3 is 10.4 Å². The molecule has 1 aromatic carbocycles. The summed E-state index contributed by atoms with van der Waals surface area (Å²) in [5, 5.41) is 11.7. The molecular formula is C17H23NO2. The van der Waals surface area contributed by atoms with Crippen LogP contribution in [0.1, 0.15) is 38.3 Å². The third-order valence-corrected chi connectivity index (χ3v) is 3.38. The topological polar surface area (TPSA) is 49.3 Å². The van der Waals surface area contributed by atoms with Gasteiger partial charge in [0, 0.05) is 23.6 Å². The Balaban J connectivity index is 2.85. The van der Waals surface area contributed by atoms with Gasteiger partial charge in [0.15, 0.2) is 0 Å². The Morgan fingerprint density at radius 3 is 2.65 bits per heavy atom. The normalized spacial score (nSPS) is 11.7. The van der Waals surface area contributed by atoms with E-state index in [2.05, 4.69) is 17.2 Å². The van der Waals surface area contributed by atoms with Crippen molar-refractivity contribution in [3.8, 4) is 11.8 Å². The molecule has 0 radical (unpaired) electrons.